The number of nitriles is 2. The summed E-state index contributed by atoms with van der Waals surface area (Å²) in [5.74, 6) is 0. The predicted octanol–water partition coefficient (Wildman–Crippen LogP) is 1.70. The Balaban J connectivity index is 3.17. The van der Waals surface area contributed by atoms with E-state index >= 15 is 0 Å². The molecule has 1 N–H and O–H groups in total. The normalized spacial score (nSPS) is 10.7. The highest BCUT2D eigenvalue weighted by Crippen LogP contribution is 2.20. The quantitative estimate of drug-likeness (QED) is 0.801. The minimum atomic E-state index is -3.74. The SMILES string of the molecule is CCCc1cccc(S(=O)(=O)NCCC#N)c1C#N. The molecular formula is C13H15N3O2S. The molecule has 0 radical (unpaired) electrons. The Bertz CT molecular complexity index is 624. The van der Waals surface area contributed by atoms with Gasteiger partial charge in [-0.05, 0) is 18.1 Å². The number of sulfonamides is 1. The molecule has 0 saturated heterocycles. The van der Waals surface area contributed by atoms with Crippen LogP contribution in [0.15, 0.2) is 23.1 Å². The van der Waals surface area contributed by atoms with Crippen LogP contribution in [-0.2, 0) is 16.4 Å². The molecule has 0 aliphatic rings. The molecule has 0 aliphatic carbocycles. The Morgan fingerprint density at radius 2 is 2.05 bits per heavy atom. The monoisotopic (exact) mass is 277 g/mol. The molecule has 1 aromatic carbocycles. The molecule has 100 valence electrons. The molecule has 0 fully saturated rings. The minimum Gasteiger partial charge on any atom is -0.210 e. The number of rotatable bonds is 6. The van der Waals surface area contributed by atoms with Gasteiger partial charge in [-0.3, -0.25) is 0 Å². The van der Waals surface area contributed by atoms with Gasteiger partial charge in [0.25, 0.3) is 0 Å². The van der Waals surface area contributed by atoms with Crippen LogP contribution in [0.4, 0.5) is 0 Å². The van der Waals surface area contributed by atoms with Gasteiger partial charge in [-0.1, -0.05) is 25.5 Å². The van der Waals surface area contributed by atoms with Gasteiger partial charge in [0.15, 0.2) is 0 Å². The Labute approximate surface area is 113 Å². The first-order valence-electron chi connectivity index (χ1n) is 5.95. The van der Waals surface area contributed by atoms with Crippen LogP contribution in [0.25, 0.3) is 0 Å². The second-order valence-corrected chi connectivity index (χ2v) is 5.69. The first-order chi connectivity index (χ1) is 9.06. The van der Waals surface area contributed by atoms with Crippen molar-refractivity contribution in [3.63, 3.8) is 0 Å². The Morgan fingerprint density at radius 3 is 2.63 bits per heavy atom. The second-order valence-electron chi connectivity index (χ2n) is 3.96. The lowest BCUT2D eigenvalue weighted by Gasteiger charge is -2.10. The van der Waals surface area contributed by atoms with Crippen LogP contribution >= 0.6 is 0 Å². The standard InChI is InChI=1S/C13H15N3O2S/c1-2-5-11-6-3-7-13(12(11)10-15)19(17,18)16-9-4-8-14/h3,6-7,16H,2,4-5,9H2,1H3. The fraction of sp³-hybridized carbons (Fsp3) is 0.385. The average molecular weight is 277 g/mol. The molecule has 0 heterocycles. The smallest absolute Gasteiger partial charge is 0.210 e. The molecule has 0 bridgehead atoms. The van der Waals surface area contributed by atoms with Gasteiger partial charge < -0.3 is 0 Å². The molecule has 1 rings (SSSR count). The minimum absolute atomic E-state index is 0.0149. The summed E-state index contributed by atoms with van der Waals surface area (Å²) >= 11 is 0. The van der Waals surface area contributed by atoms with Crippen LogP contribution in [0.3, 0.4) is 0 Å². The molecule has 0 aliphatic heterocycles. The summed E-state index contributed by atoms with van der Waals surface area (Å²) in [6, 6.07) is 8.62. The van der Waals surface area contributed by atoms with Gasteiger partial charge in [0, 0.05) is 13.0 Å². The van der Waals surface area contributed by atoms with E-state index < -0.39 is 10.0 Å². The lowest BCUT2D eigenvalue weighted by atomic mass is 10.0. The molecular weight excluding hydrogens is 262 g/mol. The number of nitrogens with zero attached hydrogens (tertiary/aromatic N) is 2. The van der Waals surface area contributed by atoms with Crippen LogP contribution < -0.4 is 4.72 Å². The lowest BCUT2D eigenvalue weighted by Crippen LogP contribution is -2.25. The third-order valence-electron chi connectivity index (χ3n) is 2.56. The van der Waals surface area contributed by atoms with Gasteiger partial charge in [0.2, 0.25) is 10.0 Å². The van der Waals surface area contributed by atoms with Crippen LogP contribution in [-0.4, -0.2) is 15.0 Å². The van der Waals surface area contributed by atoms with Crippen LogP contribution in [0, 0.1) is 22.7 Å². The van der Waals surface area contributed by atoms with Gasteiger partial charge in [-0.15, -0.1) is 0 Å². The maximum absolute atomic E-state index is 12.1. The van der Waals surface area contributed by atoms with Crippen LogP contribution in [0.5, 0.6) is 0 Å². The highest BCUT2D eigenvalue weighted by atomic mass is 32.2. The second kappa shape index (κ2) is 6.89. The van der Waals surface area contributed by atoms with Gasteiger partial charge in [0.05, 0.1) is 11.6 Å². The summed E-state index contributed by atoms with van der Waals surface area (Å²) in [6.45, 7) is 2.01. The van der Waals surface area contributed by atoms with Gasteiger partial charge in [-0.25, -0.2) is 13.1 Å². The van der Waals surface area contributed by atoms with Crippen molar-refractivity contribution in [2.24, 2.45) is 0 Å². The maximum atomic E-state index is 12.1. The summed E-state index contributed by atoms with van der Waals surface area (Å²) in [4.78, 5) is -0.0149. The Hall–Kier alpha value is -1.89. The van der Waals surface area contributed by atoms with Crippen LogP contribution in [0.1, 0.15) is 30.9 Å². The Morgan fingerprint density at radius 1 is 1.32 bits per heavy atom. The third kappa shape index (κ3) is 3.78. The molecule has 0 saturated carbocycles. The molecule has 0 unspecified atom stereocenters. The van der Waals surface area contributed by atoms with Crippen molar-refractivity contribution in [3.8, 4) is 12.1 Å². The van der Waals surface area contributed by atoms with Gasteiger partial charge >= 0.3 is 0 Å². The molecule has 0 atom stereocenters. The topological polar surface area (TPSA) is 93.8 Å². The predicted molar refractivity (Wildman–Crippen MR) is 70.6 cm³/mol. The zero-order valence-electron chi connectivity index (χ0n) is 10.7. The van der Waals surface area contributed by atoms with E-state index in [1.54, 1.807) is 12.1 Å². The molecule has 0 aromatic heterocycles. The van der Waals surface area contributed by atoms with Crippen molar-refractivity contribution in [2.75, 3.05) is 6.54 Å². The Kier molecular flexibility index (Phi) is 5.50. The van der Waals surface area contributed by atoms with Crippen molar-refractivity contribution in [2.45, 2.75) is 31.1 Å². The fourth-order valence-electron chi connectivity index (χ4n) is 1.72. The maximum Gasteiger partial charge on any atom is 0.241 e. The lowest BCUT2D eigenvalue weighted by molar-refractivity contribution is 0.582. The number of hydrogen-bond donors (Lipinski definition) is 1. The molecule has 5 nitrogen and oxygen atoms in total. The zero-order chi connectivity index (χ0) is 14.3. The number of benzene rings is 1. The van der Waals surface area contributed by atoms with Crippen molar-refractivity contribution >= 4 is 10.0 Å². The third-order valence-corrected chi connectivity index (χ3v) is 4.07. The van der Waals surface area contributed by atoms with E-state index in [0.29, 0.717) is 6.42 Å². The summed E-state index contributed by atoms with van der Waals surface area (Å²) < 4.78 is 26.5. The zero-order valence-corrected chi connectivity index (χ0v) is 11.5. The number of aryl methyl sites for hydroxylation is 1. The highest BCUT2D eigenvalue weighted by molar-refractivity contribution is 7.89. The van der Waals surface area contributed by atoms with E-state index in [9.17, 15) is 8.42 Å². The summed E-state index contributed by atoms with van der Waals surface area (Å²) in [7, 11) is -3.74. The molecule has 0 amide bonds. The molecule has 6 heteroatoms. The van der Waals surface area contributed by atoms with E-state index in [4.69, 9.17) is 10.5 Å². The molecule has 0 spiro atoms. The van der Waals surface area contributed by atoms with E-state index in [-0.39, 0.29) is 23.4 Å². The first-order valence-corrected chi connectivity index (χ1v) is 7.43. The number of nitrogens with one attached hydrogen (secondary N) is 1. The van der Waals surface area contributed by atoms with Crippen molar-refractivity contribution in [1.29, 1.82) is 10.5 Å². The number of hydrogen-bond acceptors (Lipinski definition) is 4. The van der Waals surface area contributed by atoms with Crippen molar-refractivity contribution in [3.05, 3.63) is 29.3 Å². The van der Waals surface area contributed by atoms with Crippen molar-refractivity contribution < 1.29 is 8.42 Å². The highest BCUT2D eigenvalue weighted by Gasteiger charge is 2.19. The van der Waals surface area contributed by atoms with E-state index in [2.05, 4.69) is 4.72 Å². The van der Waals surface area contributed by atoms with Crippen molar-refractivity contribution in [1.82, 2.24) is 4.72 Å². The summed E-state index contributed by atoms with van der Waals surface area (Å²) in [5.41, 5.74) is 0.918. The van der Waals surface area contributed by atoms with E-state index in [1.807, 2.05) is 19.1 Å². The van der Waals surface area contributed by atoms with Crippen LogP contribution in [0.2, 0.25) is 0 Å². The molecule has 19 heavy (non-hydrogen) atoms. The van der Waals surface area contributed by atoms with Gasteiger partial charge in [0.1, 0.15) is 11.0 Å². The average Bonchev–Trinajstić information content (AvgIpc) is 2.39. The summed E-state index contributed by atoms with van der Waals surface area (Å²) in [6.07, 6.45) is 1.58. The van der Waals surface area contributed by atoms with Gasteiger partial charge in [-0.2, -0.15) is 10.5 Å². The van der Waals surface area contributed by atoms with E-state index in [1.165, 1.54) is 6.07 Å². The molecule has 1 aromatic rings. The summed E-state index contributed by atoms with van der Waals surface area (Å²) in [5, 5.41) is 17.6. The first kappa shape index (κ1) is 15.2. The van der Waals surface area contributed by atoms with E-state index in [0.717, 1.165) is 12.0 Å². The largest absolute Gasteiger partial charge is 0.241 e. The fourth-order valence-corrected chi connectivity index (χ4v) is 2.95.